The summed E-state index contributed by atoms with van der Waals surface area (Å²) in [6, 6.07) is 25.6. The predicted octanol–water partition coefficient (Wildman–Crippen LogP) is 9.08. The zero-order valence-electron chi connectivity index (χ0n) is 38.3. The van der Waals surface area contributed by atoms with Gasteiger partial charge in [0.25, 0.3) is 14.1 Å². The molecule has 15 heteroatoms. The van der Waals surface area contributed by atoms with Crippen LogP contribution in [0.5, 0.6) is 11.5 Å². The van der Waals surface area contributed by atoms with Gasteiger partial charge in [0, 0.05) is 24.8 Å². The van der Waals surface area contributed by atoms with Gasteiger partial charge in [-0.1, -0.05) is 75.4 Å². The van der Waals surface area contributed by atoms with E-state index >= 15 is 0 Å². The third-order valence-electron chi connectivity index (χ3n) is 11.7. The molecule has 1 aromatic heterocycles. The van der Waals surface area contributed by atoms with Gasteiger partial charge in [0.2, 0.25) is 6.54 Å². The van der Waals surface area contributed by atoms with E-state index in [1.807, 2.05) is 85.8 Å². The van der Waals surface area contributed by atoms with Crippen LogP contribution in [0.3, 0.4) is 0 Å². The van der Waals surface area contributed by atoms with Crippen LogP contribution in [0, 0.1) is 6.57 Å². The zero-order valence-corrected chi connectivity index (χ0v) is 40.2. The van der Waals surface area contributed by atoms with Crippen molar-refractivity contribution < 1.29 is 32.4 Å². The monoisotopic (exact) mass is 888 g/mol. The number of aromatic amines is 1. The summed E-state index contributed by atoms with van der Waals surface area (Å²) in [5, 5.41) is -0.241. The number of aromatic nitrogens is 2. The topological polar surface area (TPSA) is 127 Å². The first-order chi connectivity index (χ1) is 29.4. The van der Waals surface area contributed by atoms with E-state index in [1.165, 1.54) is 4.57 Å². The van der Waals surface area contributed by atoms with Gasteiger partial charge in [-0.05, 0) is 93.7 Å². The molecule has 0 spiro atoms. The van der Waals surface area contributed by atoms with Gasteiger partial charge >= 0.3 is 5.69 Å². The molecule has 0 radical (unpaired) electrons. The number of rotatable bonds is 20. The summed E-state index contributed by atoms with van der Waals surface area (Å²) in [5.41, 5.74) is 0.488. The van der Waals surface area contributed by atoms with Crippen molar-refractivity contribution in [1.29, 1.82) is 0 Å². The van der Waals surface area contributed by atoms with Crippen LogP contribution in [0.25, 0.3) is 4.85 Å². The van der Waals surface area contributed by atoms with Crippen LogP contribution in [0.2, 0.25) is 18.1 Å². The van der Waals surface area contributed by atoms with Gasteiger partial charge in [-0.15, -0.1) is 0 Å². The van der Waals surface area contributed by atoms with E-state index in [4.69, 9.17) is 39.0 Å². The summed E-state index contributed by atoms with van der Waals surface area (Å²) < 4.78 is 50.5. The highest BCUT2D eigenvalue weighted by molar-refractivity contribution is 7.44. The summed E-state index contributed by atoms with van der Waals surface area (Å²) in [6.45, 7) is 29.1. The molecule has 1 aliphatic heterocycles. The number of H-pyrrole nitrogens is 1. The highest BCUT2D eigenvalue weighted by Gasteiger charge is 2.54. The first-order valence-corrected chi connectivity index (χ1v) is 25.3. The fourth-order valence-electron chi connectivity index (χ4n) is 7.52. The number of benzene rings is 3. The molecule has 13 nitrogen and oxygen atoms in total. The molecule has 0 aliphatic carbocycles. The molecule has 2 unspecified atom stereocenters. The molecule has 5 rings (SSSR count). The van der Waals surface area contributed by atoms with Gasteiger partial charge in [-0.2, -0.15) is 0 Å². The Labute approximate surface area is 369 Å². The van der Waals surface area contributed by atoms with Crippen molar-refractivity contribution in [3.8, 4) is 11.5 Å². The summed E-state index contributed by atoms with van der Waals surface area (Å²) >= 11 is 0. The van der Waals surface area contributed by atoms with E-state index in [0.29, 0.717) is 18.0 Å². The minimum Gasteiger partial charge on any atom is -0.497 e. The second kappa shape index (κ2) is 21.0. The first kappa shape index (κ1) is 48.9. The number of hydrogen-bond donors (Lipinski definition) is 1. The van der Waals surface area contributed by atoms with Gasteiger partial charge in [0.1, 0.15) is 48.1 Å². The third kappa shape index (κ3) is 10.8. The Balaban J connectivity index is 1.76. The van der Waals surface area contributed by atoms with Crippen LogP contribution in [0.4, 0.5) is 0 Å². The Morgan fingerprint density at radius 3 is 1.90 bits per heavy atom. The molecule has 2 heterocycles. The van der Waals surface area contributed by atoms with Crippen molar-refractivity contribution in [2.75, 3.05) is 34.0 Å². The zero-order chi connectivity index (χ0) is 45.4. The van der Waals surface area contributed by atoms with Gasteiger partial charge in [-0.25, -0.2) is 16.0 Å². The lowest BCUT2D eigenvalue weighted by Gasteiger charge is -2.42. The Morgan fingerprint density at radius 2 is 1.42 bits per heavy atom. The van der Waals surface area contributed by atoms with Crippen molar-refractivity contribution in [2.45, 2.75) is 122 Å². The highest BCUT2D eigenvalue weighted by atomic mass is 31.2. The fraction of sp³-hybridized carbons (Fsp3) is 0.511. The van der Waals surface area contributed by atoms with Gasteiger partial charge in [0.05, 0.1) is 26.4 Å². The molecule has 336 valence electrons. The van der Waals surface area contributed by atoms with Gasteiger partial charge < -0.3 is 41.8 Å². The second-order valence-corrected chi connectivity index (χ2v) is 23.6. The van der Waals surface area contributed by atoms with Crippen LogP contribution in [0.1, 0.15) is 83.7 Å². The summed E-state index contributed by atoms with van der Waals surface area (Å²) in [5.74, 6) is 1.38. The molecule has 1 N–H and O–H groups in total. The van der Waals surface area contributed by atoms with E-state index in [1.54, 1.807) is 20.4 Å². The molecule has 1 fully saturated rings. The van der Waals surface area contributed by atoms with Crippen LogP contribution in [-0.4, -0.2) is 86.9 Å². The van der Waals surface area contributed by atoms with Crippen LogP contribution < -0.4 is 20.7 Å². The molecular formula is C47H65N4O9PSi. The number of nitrogens with one attached hydrogen (secondary N) is 1. The van der Waals surface area contributed by atoms with Crippen molar-refractivity contribution in [3.63, 3.8) is 0 Å². The minimum absolute atomic E-state index is 0.00783. The molecule has 3 aromatic carbocycles. The Bertz CT molecular complexity index is 2150. The Hall–Kier alpha value is -4.16. The van der Waals surface area contributed by atoms with Crippen molar-refractivity contribution >= 4 is 16.8 Å². The van der Waals surface area contributed by atoms with Crippen LogP contribution in [0.15, 0.2) is 94.6 Å². The lowest BCUT2D eigenvalue weighted by Crippen LogP contribution is -2.50. The number of methoxy groups -OCH3 is 2. The average molecular weight is 889 g/mol. The van der Waals surface area contributed by atoms with Crippen LogP contribution in [-0.2, 0) is 35.1 Å². The number of aryl methyl sites for hydroxylation is 1. The number of ether oxygens (including phenoxy) is 4. The lowest BCUT2D eigenvalue weighted by atomic mass is 9.80. The number of hydrogen-bond acceptors (Lipinski definition) is 10. The van der Waals surface area contributed by atoms with Crippen LogP contribution >= 0.6 is 8.53 Å². The van der Waals surface area contributed by atoms with E-state index in [2.05, 4.69) is 76.1 Å². The minimum atomic E-state index is -2.65. The van der Waals surface area contributed by atoms with Crippen molar-refractivity contribution in [2.24, 2.45) is 0 Å². The maximum atomic E-state index is 13.9. The fourth-order valence-corrected chi connectivity index (χ4v) is 10.6. The van der Waals surface area contributed by atoms with Gasteiger partial charge in [-0.3, -0.25) is 9.78 Å². The van der Waals surface area contributed by atoms with E-state index in [-0.39, 0.29) is 42.4 Å². The molecular weight excluding hydrogens is 824 g/mol. The molecule has 1 saturated heterocycles. The Morgan fingerprint density at radius 1 is 0.871 bits per heavy atom. The second-order valence-electron chi connectivity index (χ2n) is 17.5. The normalized spacial score (nSPS) is 18.9. The lowest BCUT2D eigenvalue weighted by molar-refractivity contribution is -0.0808. The third-order valence-corrected chi connectivity index (χ3v) is 18.3. The molecule has 0 amide bonds. The summed E-state index contributed by atoms with van der Waals surface area (Å²) in [6.07, 6.45) is -1.93. The van der Waals surface area contributed by atoms with Crippen molar-refractivity contribution in [1.82, 2.24) is 14.2 Å². The number of nitrogens with zero attached hydrogens (tertiary/aromatic N) is 3. The molecule has 1 aliphatic rings. The largest absolute Gasteiger partial charge is 0.497 e. The quantitative estimate of drug-likeness (QED) is 0.0302. The average Bonchev–Trinajstić information content (AvgIpc) is 3.56. The molecule has 0 bridgehead atoms. The molecule has 0 saturated carbocycles. The van der Waals surface area contributed by atoms with Crippen molar-refractivity contribution in [3.05, 3.63) is 140 Å². The maximum Gasteiger partial charge on any atom is 0.328 e. The smallest absolute Gasteiger partial charge is 0.328 e. The Kier molecular flexibility index (Phi) is 16.6. The summed E-state index contributed by atoms with van der Waals surface area (Å²) in [4.78, 5) is 32.9. The predicted molar refractivity (Wildman–Crippen MR) is 246 cm³/mol. The van der Waals surface area contributed by atoms with E-state index in [0.717, 1.165) is 16.7 Å². The van der Waals surface area contributed by atoms with E-state index in [9.17, 15) is 9.59 Å². The van der Waals surface area contributed by atoms with E-state index < -0.39 is 58.1 Å². The molecule has 62 heavy (non-hydrogen) atoms. The first-order valence-electron chi connectivity index (χ1n) is 21.3. The molecule has 4 aromatic rings. The SMILES string of the molecule is [C-]#[N+]CCOP(OC1[C@@H](COC(c2ccccc2)(c2ccc(OC)cc2)c2ccc(OC)cc2)O[C@@H](c2cn(CC)c(=O)[nH]c2=O)[C@H]1O[Si](C)(C)C(C)(C)C)N(C(C)C)C(C)C. The standard InChI is InChI=1S/C47H65N4O9PSi/c1-14-50-30-39(44(52)49-45(50)53)41-43(60-62(12,13)46(6,7)8)42(59-61(57-29-28-48-9)51(32(2)3)33(4)5)40(58-41)31-56-47(34-18-16-15-17-19-34,35-20-24-37(54-10)25-21-35)36-22-26-38(55-11)27-23-36/h15-27,30,32-33,40-43H,14,28-29,31H2,1-8,10-13H3,(H,49,52,53)/t40-,41+,42?,43-,61?/m1/s1. The highest BCUT2D eigenvalue weighted by Crippen LogP contribution is 2.53. The van der Waals surface area contributed by atoms with Gasteiger partial charge in [0.15, 0.2) is 8.32 Å². The maximum absolute atomic E-state index is 13.9. The molecule has 5 atom stereocenters. The summed E-state index contributed by atoms with van der Waals surface area (Å²) in [7, 11) is -1.20.